The Morgan fingerprint density at radius 2 is 1.36 bits per heavy atom. The molecular formula is C20H25NO. The van der Waals surface area contributed by atoms with Gasteiger partial charge in [-0.2, -0.15) is 0 Å². The maximum absolute atomic E-state index is 5.42. The maximum Gasteiger partial charge on any atom is 0.0594 e. The van der Waals surface area contributed by atoms with Crippen molar-refractivity contribution in [2.24, 2.45) is 0 Å². The van der Waals surface area contributed by atoms with E-state index in [9.17, 15) is 0 Å². The van der Waals surface area contributed by atoms with Crippen LogP contribution in [0.3, 0.4) is 0 Å². The first-order valence-corrected chi connectivity index (χ1v) is 8.33. The van der Waals surface area contributed by atoms with E-state index in [1.807, 2.05) is 0 Å². The number of rotatable bonds is 6. The average Bonchev–Trinajstić information content (AvgIpc) is 2.61. The molecule has 1 aliphatic heterocycles. The third kappa shape index (κ3) is 4.19. The monoisotopic (exact) mass is 295 g/mol. The van der Waals surface area contributed by atoms with Gasteiger partial charge in [0.1, 0.15) is 0 Å². The second kappa shape index (κ2) is 8.11. The predicted octanol–water partition coefficient (Wildman–Crippen LogP) is 3.93. The van der Waals surface area contributed by atoms with E-state index in [0.717, 1.165) is 26.3 Å². The molecule has 0 spiro atoms. The van der Waals surface area contributed by atoms with Crippen LogP contribution in [0.1, 0.15) is 29.9 Å². The average molecular weight is 295 g/mol. The van der Waals surface area contributed by atoms with Gasteiger partial charge in [0.15, 0.2) is 0 Å². The molecule has 2 aromatic carbocycles. The van der Waals surface area contributed by atoms with Crippen LogP contribution in [0.15, 0.2) is 60.7 Å². The van der Waals surface area contributed by atoms with E-state index in [-0.39, 0.29) is 0 Å². The van der Waals surface area contributed by atoms with Crippen molar-refractivity contribution in [1.82, 2.24) is 4.90 Å². The van der Waals surface area contributed by atoms with Crippen molar-refractivity contribution >= 4 is 0 Å². The van der Waals surface area contributed by atoms with Crippen molar-refractivity contribution in [3.63, 3.8) is 0 Å². The lowest BCUT2D eigenvalue weighted by atomic mass is 9.87. The Morgan fingerprint density at radius 1 is 0.818 bits per heavy atom. The number of morpholine rings is 1. The van der Waals surface area contributed by atoms with Crippen molar-refractivity contribution in [1.29, 1.82) is 0 Å². The van der Waals surface area contributed by atoms with Gasteiger partial charge < -0.3 is 4.74 Å². The van der Waals surface area contributed by atoms with Crippen LogP contribution in [0.25, 0.3) is 0 Å². The lowest BCUT2D eigenvalue weighted by molar-refractivity contribution is 0.0371. The van der Waals surface area contributed by atoms with Gasteiger partial charge in [-0.05, 0) is 30.5 Å². The van der Waals surface area contributed by atoms with Crippen LogP contribution in [0.5, 0.6) is 0 Å². The molecule has 1 aliphatic rings. The Hall–Kier alpha value is -1.64. The summed E-state index contributed by atoms with van der Waals surface area (Å²) >= 11 is 0. The van der Waals surface area contributed by atoms with Crippen molar-refractivity contribution in [2.45, 2.75) is 18.8 Å². The van der Waals surface area contributed by atoms with Crippen molar-refractivity contribution in [2.75, 3.05) is 32.8 Å². The summed E-state index contributed by atoms with van der Waals surface area (Å²) in [7, 11) is 0. The molecule has 0 saturated carbocycles. The summed E-state index contributed by atoms with van der Waals surface area (Å²) < 4.78 is 5.42. The fraction of sp³-hybridized carbons (Fsp3) is 0.400. The molecule has 1 fully saturated rings. The minimum absolute atomic E-state index is 0.503. The van der Waals surface area contributed by atoms with E-state index in [4.69, 9.17) is 4.74 Å². The van der Waals surface area contributed by atoms with Crippen LogP contribution in [-0.2, 0) is 4.74 Å². The minimum atomic E-state index is 0.503. The van der Waals surface area contributed by atoms with E-state index in [1.165, 1.54) is 30.5 Å². The van der Waals surface area contributed by atoms with Crippen LogP contribution >= 0.6 is 0 Å². The van der Waals surface area contributed by atoms with E-state index in [1.54, 1.807) is 0 Å². The molecule has 0 amide bonds. The predicted molar refractivity (Wildman–Crippen MR) is 91.2 cm³/mol. The first kappa shape index (κ1) is 15.3. The fourth-order valence-electron chi connectivity index (χ4n) is 3.24. The number of nitrogens with zero attached hydrogens (tertiary/aromatic N) is 1. The van der Waals surface area contributed by atoms with Gasteiger partial charge in [0.2, 0.25) is 0 Å². The number of hydrogen-bond acceptors (Lipinski definition) is 2. The summed E-state index contributed by atoms with van der Waals surface area (Å²) in [6.45, 7) is 5.13. The Bertz CT molecular complexity index is 495. The molecule has 2 heteroatoms. The molecule has 0 aromatic heterocycles. The third-order valence-corrected chi connectivity index (χ3v) is 4.47. The number of benzene rings is 2. The first-order chi connectivity index (χ1) is 10.9. The Balaban J connectivity index is 1.64. The molecule has 3 rings (SSSR count). The summed E-state index contributed by atoms with van der Waals surface area (Å²) in [5.41, 5.74) is 2.85. The molecule has 0 N–H and O–H groups in total. The first-order valence-electron chi connectivity index (χ1n) is 8.33. The lowest BCUT2D eigenvalue weighted by Gasteiger charge is -2.27. The van der Waals surface area contributed by atoms with Gasteiger partial charge in [0.05, 0.1) is 13.2 Å². The molecule has 1 heterocycles. The highest BCUT2D eigenvalue weighted by atomic mass is 16.5. The third-order valence-electron chi connectivity index (χ3n) is 4.47. The number of hydrogen-bond donors (Lipinski definition) is 0. The van der Waals surface area contributed by atoms with Crippen LogP contribution in [-0.4, -0.2) is 37.7 Å². The van der Waals surface area contributed by atoms with Crippen LogP contribution in [0, 0.1) is 0 Å². The summed E-state index contributed by atoms with van der Waals surface area (Å²) in [5, 5.41) is 0. The SMILES string of the molecule is c1ccc(C(CCCN2CCOCC2)c2ccccc2)cc1. The van der Waals surface area contributed by atoms with Crippen molar-refractivity contribution in [3.8, 4) is 0 Å². The van der Waals surface area contributed by atoms with Crippen molar-refractivity contribution in [3.05, 3.63) is 71.8 Å². The lowest BCUT2D eigenvalue weighted by Crippen LogP contribution is -2.36. The normalized spacial score (nSPS) is 16.0. The topological polar surface area (TPSA) is 12.5 Å². The summed E-state index contributed by atoms with van der Waals surface area (Å²) in [6.07, 6.45) is 2.43. The smallest absolute Gasteiger partial charge is 0.0594 e. The van der Waals surface area contributed by atoms with Gasteiger partial charge in [0, 0.05) is 19.0 Å². The summed E-state index contributed by atoms with van der Waals surface area (Å²) in [5.74, 6) is 0.503. The van der Waals surface area contributed by atoms with E-state index in [2.05, 4.69) is 65.6 Å². The molecule has 0 radical (unpaired) electrons. The zero-order valence-electron chi connectivity index (χ0n) is 13.2. The highest BCUT2D eigenvalue weighted by molar-refractivity contribution is 5.32. The van der Waals surface area contributed by atoms with Gasteiger partial charge in [0.25, 0.3) is 0 Å². The molecule has 116 valence electrons. The van der Waals surface area contributed by atoms with Crippen LogP contribution < -0.4 is 0 Å². The summed E-state index contributed by atoms with van der Waals surface area (Å²) in [6, 6.07) is 21.8. The highest BCUT2D eigenvalue weighted by Crippen LogP contribution is 2.29. The van der Waals surface area contributed by atoms with Gasteiger partial charge in [-0.15, -0.1) is 0 Å². The fourth-order valence-corrected chi connectivity index (χ4v) is 3.24. The highest BCUT2D eigenvalue weighted by Gasteiger charge is 2.15. The molecule has 0 bridgehead atoms. The Kier molecular flexibility index (Phi) is 5.63. The Labute approximate surface area is 133 Å². The van der Waals surface area contributed by atoms with E-state index in [0.29, 0.717) is 5.92 Å². The molecule has 2 nitrogen and oxygen atoms in total. The molecule has 2 aromatic rings. The zero-order chi connectivity index (χ0) is 15.0. The Morgan fingerprint density at radius 3 is 1.91 bits per heavy atom. The zero-order valence-corrected chi connectivity index (χ0v) is 13.2. The summed E-state index contributed by atoms with van der Waals surface area (Å²) in [4.78, 5) is 2.52. The second-order valence-corrected chi connectivity index (χ2v) is 5.97. The standard InChI is InChI=1S/C20H25NO/c1-3-8-18(9-4-1)20(19-10-5-2-6-11-19)12-7-13-21-14-16-22-17-15-21/h1-6,8-11,20H,7,12-17H2. The molecule has 1 saturated heterocycles. The molecule has 0 aliphatic carbocycles. The van der Waals surface area contributed by atoms with Gasteiger partial charge in [-0.3, -0.25) is 4.90 Å². The number of ether oxygens (including phenoxy) is 1. The van der Waals surface area contributed by atoms with E-state index >= 15 is 0 Å². The molecule has 0 atom stereocenters. The molecule has 0 unspecified atom stereocenters. The van der Waals surface area contributed by atoms with Crippen LogP contribution in [0.2, 0.25) is 0 Å². The van der Waals surface area contributed by atoms with Crippen molar-refractivity contribution < 1.29 is 4.74 Å². The molecular weight excluding hydrogens is 270 g/mol. The quantitative estimate of drug-likeness (QED) is 0.800. The molecule has 22 heavy (non-hydrogen) atoms. The maximum atomic E-state index is 5.42. The van der Waals surface area contributed by atoms with Gasteiger partial charge >= 0.3 is 0 Å². The van der Waals surface area contributed by atoms with Gasteiger partial charge in [-0.1, -0.05) is 60.7 Å². The largest absolute Gasteiger partial charge is 0.379 e. The minimum Gasteiger partial charge on any atom is -0.379 e. The van der Waals surface area contributed by atoms with Crippen LogP contribution in [0.4, 0.5) is 0 Å². The van der Waals surface area contributed by atoms with Gasteiger partial charge in [-0.25, -0.2) is 0 Å². The van der Waals surface area contributed by atoms with E-state index < -0.39 is 0 Å². The second-order valence-electron chi connectivity index (χ2n) is 5.97.